The van der Waals surface area contributed by atoms with E-state index in [1.807, 2.05) is 80.6 Å². The number of benzene rings is 6. The molecule has 0 saturated heterocycles. The van der Waals surface area contributed by atoms with E-state index in [0.29, 0.717) is 58.6 Å². The summed E-state index contributed by atoms with van der Waals surface area (Å²) in [5.41, 5.74) is 5.27. The van der Waals surface area contributed by atoms with Gasteiger partial charge in [-0.1, -0.05) is 101 Å². The number of likely N-dealkylation sites (N-methyl/N-ethyl adjacent to an activating group) is 2. The lowest BCUT2D eigenvalue weighted by Gasteiger charge is -2.46. The minimum Gasteiger partial charge on any atom is -0.478 e. The molecular formula is C69H85Cl3N6O6. The summed E-state index contributed by atoms with van der Waals surface area (Å²) < 4.78 is 12.3. The highest BCUT2D eigenvalue weighted by Crippen LogP contribution is 2.38. The standard InChI is InChI=1S/C35H44ClN3O3.C34H41Cl2N3O3/c1-25-6-8-27(9-7-25)24-35(39(4)5)21-18-30(19-22-35)38-33(41)34(2,3)42-31-16-10-26(11-17-31)20-23-37-32(40)28-12-14-29(36)15-13-28;1-33(2,42-30-14-8-24(9-15-30)18-21-37-31(40)26-10-12-27(35)13-11-26)32(41)38-29-16-19-34(20-17-29,39(3)4)23-25-6-5-7-28(36)22-25/h6-17,30H,18-24H2,1-5H3,(H,37,40)(H,38,41);5-15,22,29H,16-21,23H2,1-4H3,(H,37,40)(H,38,41). The Kier molecular flexibility index (Phi) is 23.0. The van der Waals surface area contributed by atoms with Crippen LogP contribution in [0.25, 0.3) is 0 Å². The predicted octanol–water partition coefficient (Wildman–Crippen LogP) is 13.1. The molecule has 2 aliphatic rings. The number of ether oxygens (including phenoxy) is 2. The molecule has 4 amide bonds. The molecule has 12 nitrogen and oxygen atoms in total. The molecule has 0 bridgehead atoms. The molecule has 8 rings (SSSR count). The van der Waals surface area contributed by atoms with Crippen molar-refractivity contribution in [3.8, 4) is 11.5 Å². The minimum absolute atomic E-state index is 0.0400. The van der Waals surface area contributed by atoms with Crippen molar-refractivity contribution >= 4 is 58.4 Å². The van der Waals surface area contributed by atoms with Gasteiger partial charge >= 0.3 is 0 Å². The molecule has 2 saturated carbocycles. The zero-order chi connectivity index (χ0) is 60.7. The highest BCUT2D eigenvalue weighted by Gasteiger charge is 2.41. The Morgan fingerprint density at radius 2 is 0.857 bits per heavy atom. The molecule has 448 valence electrons. The average Bonchev–Trinajstić information content (AvgIpc) is 3.52. The number of amides is 4. The van der Waals surface area contributed by atoms with Crippen molar-refractivity contribution in [2.45, 2.75) is 146 Å². The van der Waals surface area contributed by atoms with E-state index in [1.54, 1.807) is 62.4 Å². The van der Waals surface area contributed by atoms with Crippen molar-refractivity contribution in [1.29, 1.82) is 0 Å². The van der Waals surface area contributed by atoms with Crippen molar-refractivity contribution < 1.29 is 28.7 Å². The molecule has 0 radical (unpaired) electrons. The molecule has 4 N–H and O–H groups in total. The van der Waals surface area contributed by atoms with Crippen LogP contribution in [-0.4, -0.2) is 109 Å². The maximum absolute atomic E-state index is 13.3. The Morgan fingerprint density at radius 1 is 0.488 bits per heavy atom. The Balaban J connectivity index is 0.000000241. The topological polar surface area (TPSA) is 141 Å². The van der Waals surface area contributed by atoms with Gasteiger partial charge in [0.05, 0.1) is 0 Å². The predicted molar refractivity (Wildman–Crippen MR) is 341 cm³/mol. The minimum atomic E-state index is -1.02. The van der Waals surface area contributed by atoms with Gasteiger partial charge in [-0.25, -0.2) is 0 Å². The van der Waals surface area contributed by atoms with E-state index in [2.05, 4.69) is 96.5 Å². The first-order chi connectivity index (χ1) is 39.9. The maximum atomic E-state index is 13.3. The van der Waals surface area contributed by atoms with Gasteiger partial charge in [-0.05, 0) is 247 Å². The number of nitrogens with one attached hydrogen (secondary N) is 4. The summed E-state index contributed by atoms with van der Waals surface area (Å²) in [4.78, 5) is 55.8. The molecule has 6 aromatic carbocycles. The lowest BCUT2D eigenvalue weighted by atomic mass is 9.74. The fraction of sp³-hybridized carbons (Fsp3) is 0.420. The SMILES string of the molecule is CN(C)C1(Cc2cccc(Cl)c2)CCC(NC(=O)C(C)(C)Oc2ccc(CCNC(=O)c3ccc(Cl)cc3)cc2)CC1.Cc1ccc(CC2(N(C)C)CCC(NC(=O)C(C)(C)Oc3ccc(CCNC(=O)c4ccc(Cl)cc4)cc3)CC2)cc1. The van der Waals surface area contributed by atoms with Crippen molar-refractivity contribution in [3.05, 3.63) is 200 Å². The fourth-order valence-corrected chi connectivity index (χ4v) is 11.6. The van der Waals surface area contributed by atoms with Gasteiger partial charge in [0.1, 0.15) is 11.5 Å². The summed E-state index contributed by atoms with van der Waals surface area (Å²) >= 11 is 18.0. The molecule has 0 spiro atoms. The summed E-state index contributed by atoms with van der Waals surface area (Å²) in [6, 6.07) is 46.2. The van der Waals surface area contributed by atoms with Crippen LogP contribution in [0.15, 0.2) is 146 Å². The third kappa shape index (κ3) is 18.8. The van der Waals surface area contributed by atoms with E-state index in [0.717, 1.165) is 80.4 Å². The highest BCUT2D eigenvalue weighted by molar-refractivity contribution is 6.31. The quantitative estimate of drug-likeness (QED) is 0.0527. The molecule has 0 heterocycles. The first kappa shape index (κ1) is 65.1. The summed E-state index contributed by atoms with van der Waals surface area (Å²) in [5, 5.41) is 14.3. The number of nitrogens with zero attached hydrogens (tertiary/aromatic N) is 2. The maximum Gasteiger partial charge on any atom is 0.263 e. The molecule has 2 aliphatic carbocycles. The molecule has 15 heteroatoms. The largest absolute Gasteiger partial charge is 0.478 e. The lowest BCUT2D eigenvalue weighted by Crippen LogP contribution is -2.55. The second-order valence-electron chi connectivity index (χ2n) is 24.2. The van der Waals surface area contributed by atoms with Gasteiger partial charge in [-0.3, -0.25) is 19.2 Å². The summed E-state index contributed by atoms with van der Waals surface area (Å²) in [5.74, 6) is 0.784. The molecule has 0 unspecified atom stereocenters. The van der Waals surface area contributed by atoms with E-state index in [-0.39, 0.29) is 46.8 Å². The normalized spacial score (nSPS) is 18.9. The molecule has 0 atom stereocenters. The zero-order valence-electron chi connectivity index (χ0n) is 50.4. The van der Waals surface area contributed by atoms with Crippen molar-refractivity contribution in [2.75, 3.05) is 41.3 Å². The van der Waals surface area contributed by atoms with Gasteiger partial charge in [0.15, 0.2) is 11.2 Å². The Labute approximate surface area is 513 Å². The average molecular weight is 1200 g/mol. The van der Waals surface area contributed by atoms with Crippen LogP contribution in [0.5, 0.6) is 11.5 Å². The van der Waals surface area contributed by atoms with Crippen molar-refractivity contribution in [2.24, 2.45) is 0 Å². The fourth-order valence-electron chi connectivity index (χ4n) is 11.2. The van der Waals surface area contributed by atoms with Crippen LogP contribution in [0.1, 0.15) is 128 Å². The van der Waals surface area contributed by atoms with Crippen LogP contribution in [0.2, 0.25) is 15.1 Å². The number of hydrogen-bond donors (Lipinski definition) is 4. The molecule has 84 heavy (non-hydrogen) atoms. The van der Waals surface area contributed by atoms with Gasteiger partial charge in [0.2, 0.25) is 0 Å². The molecule has 0 aliphatic heterocycles. The Bertz CT molecular complexity index is 3100. The van der Waals surface area contributed by atoms with E-state index in [9.17, 15) is 19.2 Å². The summed E-state index contributed by atoms with van der Waals surface area (Å²) in [6.45, 7) is 10.4. The Morgan fingerprint density at radius 3 is 1.23 bits per heavy atom. The monoisotopic (exact) mass is 1200 g/mol. The van der Waals surface area contributed by atoms with Gasteiger partial charge in [0.25, 0.3) is 23.6 Å². The smallest absolute Gasteiger partial charge is 0.263 e. The molecule has 6 aromatic rings. The van der Waals surface area contributed by atoms with Crippen molar-refractivity contribution in [1.82, 2.24) is 31.1 Å². The number of carbonyl (C=O) groups is 4. The van der Waals surface area contributed by atoms with E-state index < -0.39 is 11.2 Å². The first-order valence-electron chi connectivity index (χ1n) is 29.3. The van der Waals surface area contributed by atoms with Gasteiger partial charge in [-0.15, -0.1) is 0 Å². The van der Waals surface area contributed by atoms with Crippen LogP contribution in [0, 0.1) is 6.92 Å². The molecular weight excluding hydrogens is 1120 g/mol. The Hall–Kier alpha value is -6.41. The summed E-state index contributed by atoms with van der Waals surface area (Å²) in [6.07, 6.45) is 11.0. The number of carbonyl (C=O) groups excluding carboxylic acids is 4. The van der Waals surface area contributed by atoms with Gasteiger partial charge < -0.3 is 40.5 Å². The van der Waals surface area contributed by atoms with E-state index in [1.165, 1.54) is 16.7 Å². The van der Waals surface area contributed by atoms with Crippen LogP contribution in [0.3, 0.4) is 0 Å². The number of hydrogen-bond acceptors (Lipinski definition) is 8. The third-order valence-electron chi connectivity index (χ3n) is 16.8. The van der Waals surface area contributed by atoms with Crippen LogP contribution >= 0.6 is 34.8 Å². The van der Waals surface area contributed by atoms with Crippen LogP contribution in [-0.2, 0) is 35.3 Å². The van der Waals surface area contributed by atoms with Crippen LogP contribution in [0.4, 0.5) is 0 Å². The van der Waals surface area contributed by atoms with Crippen LogP contribution < -0.4 is 30.7 Å². The number of halogens is 3. The van der Waals surface area contributed by atoms with Gasteiger partial charge in [-0.2, -0.15) is 0 Å². The summed E-state index contributed by atoms with van der Waals surface area (Å²) in [7, 11) is 8.63. The second-order valence-corrected chi connectivity index (χ2v) is 25.5. The number of rotatable bonds is 22. The van der Waals surface area contributed by atoms with Gasteiger partial charge in [0, 0.05) is 62.4 Å². The van der Waals surface area contributed by atoms with Crippen molar-refractivity contribution in [3.63, 3.8) is 0 Å². The highest BCUT2D eigenvalue weighted by atomic mass is 35.5. The first-order valence-corrected chi connectivity index (χ1v) is 30.5. The third-order valence-corrected chi connectivity index (χ3v) is 17.5. The number of aryl methyl sites for hydroxylation is 1. The van der Waals surface area contributed by atoms with E-state index in [4.69, 9.17) is 44.3 Å². The second kappa shape index (κ2) is 29.6. The molecule has 0 aromatic heterocycles. The zero-order valence-corrected chi connectivity index (χ0v) is 52.7. The molecule has 2 fully saturated rings. The lowest BCUT2D eigenvalue weighted by molar-refractivity contribution is -0.136. The van der Waals surface area contributed by atoms with E-state index >= 15 is 0 Å².